The van der Waals surface area contributed by atoms with Crippen LogP contribution in [-0.2, 0) is 4.79 Å². The summed E-state index contributed by atoms with van der Waals surface area (Å²) in [5.41, 5.74) is -0.333. The Kier molecular flexibility index (Phi) is 4.23. The summed E-state index contributed by atoms with van der Waals surface area (Å²) < 4.78 is 0. The van der Waals surface area contributed by atoms with Crippen molar-refractivity contribution in [1.29, 1.82) is 0 Å². The van der Waals surface area contributed by atoms with Crippen molar-refractivity contribution in [1.82, 2.24) is 4.90 Å². The van der Waals surface area contributed by atoms with Gasteiger partial charge >= 0.3 is 5.97 Å². The summed E-state index contributed by atoms with van der Waals surface area (Å²) in [6, 6.07) is 0. The fraction of sp³-hybridized carbons (Fsp3) is 0.929. The van der Waals surface area contributed by atoms with E-state index in [4.69, 9.17) is 0 Å². The average Bonchev–Trinajstić information content (AvgIpc) is 2.26. The highest BCUT2D eigenvalue weighted by molar-refractivity contribution is 5.78. The molecule has 1 aliphatic heterocycles. The van der Waals surface area contributed by atoms with Gasteiger partial charge in [0.05, 0.1) is 0 Å². The van der Waals surface area contributed by atoms with Crippen molar-refractivity contribution in [3.05, 3.63) is 0 Å². The van der Waals surface area contributed by atoms with Crippen LogP contribution >= 0.6 is 0 Å². The van der Waals surface area contributed by atoms with E-state index in [0.717, 1.165) is 25.9 Å². The number of rotatable bonds is 3. The van der Waals surface area contributed by atoms with Gasteiger partial charge in [0, 0.05) is 0 Å². The van der Waals surface area contributed by atoms with E-state index < -0.39 is 11.5 Å². The molecule has 1 N–H and O–H groups in total. The SMILES string of the molecule is CCC(C)(C(=O)O)N1CCC(C(C)(C)C)CC1. The lowest BCUT2D eigenvalue weighted by molar-refractivity contribution is -0.152. The summed E-state index contributed by atoms with van der Waals surface area (Å²) in [6.07, 6.45) is 2.90. The molecule has 1 saturated heterocycles. The summed E-state index contributed by atoms with van der Waals surface area (Å²) in [7, 11) is 0. The van der Waals surface area contributed by atoms with Gasteiger partial charge in [0.1, 0.15) is 5.54 Å². The first kappa shape index (κ1) is 14.5. The molecular formula is C14H27NO2. The Labute approximate surface area is 105 Å². The van der Waals surface area contributed by atoms with Crippen LogP contribution in [0.3, 0.4) is 0 Å². The fourth-order valence-corrected chi connectivity index (χ4v) is 2.75. The first-order valence-electron chi connectivity index (χ1n) is 6.70. The van der Waals surface area contributed by atoms with Gasteiger partial charge in [-0.2, -0.15) is 0 Å². The van der Waals surface area contributed by atoms with Crippen LogP contribution < -0.4 is 0 Å². The Morgan fingerprint density at radius 2 is 1.71 bits per heavy atom. The van der Waals surface area contributed by atoms with Gasteiger partial charge in [-0.25, -0.2) is 0 Å². The lowest BCUT2D eigenvalue weighted by atomic mass is 9.74. The van der Waals surface area contributed by atoms with Crippen molar-refractivity contribution < 1.29 is 9.90 Å². The smallest absolute Gasteiger partial charge is 0.323 e. The zero-order chi connectivity index (χ0) is 13.3. The molecule has 1 fully saturated rings. The van der Waals surface area contributed by atoms with Gasteiger partial charge in [0.15, 0.2) is 0 Å². The number of piperidine rings is 1. The maximum absolute atomic E-state index is 11.4. The topological polar surface area (TPSA) is 40.5 Å². The Morgan fingerprint density at radius 1 is 1.24 bits per heavy atom. The molecule has 1 unspecified atom stereocenters. The Morgan fingerprint density at radius 3 is 2.00 bits per heavy atom. The minimum atomic E-state index is -0.686. The number of carboxylic acids is 1. The van der Waals surface area contributed by atoms with Crippen molar-refractivity contribution >= 4 is 5.97 Å². The van der Waals surface area contributed by atoms with Crippen LogP contribution in [0.4, 0.5) is 0 Å². The largest absolute Gasteiger partial charge is 0.480 e. The summed E-state index contributed by atoms with van der Waals surface area (Å²) in [4.78, 5) is 13.5. The van der Waals surface area contributed by atoms with Gasteiger partial charge in [-0.05, 0) is 50.6 Å². The normalized spacial score (nSPS) is 23.4. The highest BCUT2D eigenvalue weighted by atomic mass is 16.4. The second-order valence-electron chi connectivity index (χ2n) is 6.56. The van der Waals surface area contributed by atoms with Crippen molar-refractivity contribution in [3.63, 3.8) is 0 Å². The van der Waals surface area contributed by atoms with Gasteiger partial charge in [0.25, 0.3) is 0 Å². The molecule has 0 amide bonds. The van der Waals surface area contributed by atoms with Crippen molar-refractivity contribution in [2.24, 2.45) is 11.3 Å². The highest BCUT2D eigenvalue weighted by Gasteiger charge is 2.40. The molecule has 0 aliphatic carbocycles. The third-order valence-electron chi connectivity index (χ3n) is 4.57. The molecule has 0 saturated carbocycles. The number of aliphatic carboxylic acids is 1. The maximum Gasteiger partial charge on any atom is 0.323 e. The van der Waals surface area contributed by atoms with Gasteiger partial charge < -0.3 is 5.11 Å². The molecule has 1 rings (SSSR count). The van der Waals surface area contributed by atoms with Crippen molar-refractivity contribution in [2.45, 2.75) is 59.4 Å². The number of likely N-dealkylation sites (tertiary alicyclic amines) is 1. The minimum Gasteiger partial charge on any atom is -0.480 e. The zero-order valence-electron chi connectivity index (χ0n) is 11.9. The second kappa shape index (κ2) is 4.97. The van der Waals surface area contributed by atoms with Crippen LogP contribution in [0.25, 0.3) is 0 Å². The lowest BCUT2D eigenvalue weighted by Crippen LogP contribution is -2.55. The van der Waals surface area contributed by atoms with E-state index in [2.05, 4.69) is 25.7 Å². The van der Waals surface area contributed by atoms with E-state index in [-0.39, 0.29) is 0 Å². The lowest BCUT2D eigenvalue weighted by Gasteiger charge is -2.44. The Hall–Kier alpha value is -0.570. The molecule has 100 valence electrons. The summed E-state index contributed by atoms with van der Waals surface area (Å²) in [5, 5.41) is 9.37. The monoisotopic (exact) mass is 241 g/mol. The molecule has 3 nitrogen and oxygen atoms in total. The van der Waals surface area contributed by atoms with E-state index in [0.29, 0.717) is 17.8 Å². The van der Waals surface area contributed by atoms with Crippen LogP contribution in [0.5, 0.6) is 0 Å². The Bertz CT molecular complexity index is 274. The molecule has 0 aromatic rings. The van der Waals surface area contributed by atoms with E-state index in [9.17, 15) is 9.90 Å². The molecule has 17 heavy (non-hydrogen) atoms. The zero-order valence-corrected chi connectivity index (χ0v) is 11.9. The van der Waals surface area contributed by atoms with Gasteiger partial charge in [-0.1, -0.05) is 27.7 Å². The molecule has 3 heteroatoms. The van der Waals surface area contributed by atoms with Gasteiger partial charge in [0.2, 0.25) is 0 Å². The molecule has 0 aromatic carbocycles. The average molecular weight is 241 g/mol. The van der Waals surface area contributed by atoms with E-state index in [1.165, 1.54) is 0 Å². The van der Waals surface area contributed by atoms with Crippen LogP contribution in [0.2, 0.25) is 0 Å². The van der Waals surface area contributed by atoms with Crippen LogP contribution in [-0.4, -0.2) is 34.6 Å². The number of nitrogens with zero attached hydrogens (tertiary/aromatic N) is 1. The highest BCUT2D eigenvalue weighted by Crippen LogP contribution is 2.36. The van der Waals surface area contributed by atoms with E-state index in [1.54, 1.807) is 0 Å². The first-order valence-corrected chi connectivity index (χ1v) is 6.70. The molecule has 1 heterocycles. The third-order valence-corrected chi connectivity index (χ3v) is 4.57. The standard InChI is InChI=1S/C14H27NO2/c1-6-14(5,12(16)17)15-9-7-11(8-10-15)13(2,3)4/h11H,6-10H2,1-5H3,(H,16,17). The minimum absolute atomic E-state index is 0.345. The van der Waals surface area contributed by atoms with E-state index >= 15 is 0 Å². The van der Waals surface area contributed by atoms with Crippen molar-refractivity contribution in [3.8, 4) is 0 Å². The molecular weight excluding hydrogens is 214 g/mol. The first-order chi connectivity index (χ1) is 7.71. The van der Waals surface area contributed by atoms with Crippen LogP contribution in [0, 0.1) is 11.3 Å². The number of carboxylic acid groups (broad SMARTS) is 1. The molecule has 0 radical (unpaired) electrons. The van der Waals surface area contributed by atoms with Crippen LogP contribution in [0.15, 0.2) is 0 Å². The third kappa shape index (κ3) is 3.01. The van der Waals surface area contributed by atoms with Gasteiger partial charge in [-0.15, -0.1) is 0 Å². The quantitative estimate of drug-likeness (QED) is 0.825. The number of carbonyl (C=O) groups is 1. The van der Waals surface area contributed by atoms with Gasteiger partial charge in [-0.3, -0.25) is 9.69 Å². The van der Waals surface area contributed by atoms with Crippen molar-refractivity contribution in [2.75, 3.05) is 13.1 Å². The maximum atomic E-state index is 11.4. The molecule has 0 bridgehead atoms. The summed E-state index contributed by atoms with van der Waals surface area (Å²) in [6.45, 7) is 12.5. The summed E-state index contributed by atoms with van der Waals surface area (Å²) in [5.74, 6) is 0.0304. The predicted molar refractivity (Wildman–Crippen MR) is 70.1 cm³/mol. The molecule has 0 spiro atoms. The second-order valence-corrected chi connectivity index (χ2v) is 6.56. The van der Waals surface area contributed by atoms with E-state index in [1.807, 2.05) is 13.8 Å². The molecule has 1 aliphatic rings. The van der Waals surface area contributed by atoms with Crippen LogP contribution in [0.1, 0.15) is 53.9 Å². The molecule has 1 atom stereocenters. The Balaban J connectivity index is 2.66. The molecule has 0 aromatic heterocycles. The number of hydrogen-bond acceptors (Lipinski definition) is 2. The predicted octanol–water partition coefficient (Wildman–Crippen LogP) is 3.00. The summed E-state index contributed by atoms with van der Waals surface area (Å²) >= 11 is 0. The fourth-order valence-electron chi connectivity index (χ4n) is 2.75. The number of hydrogen-bond donors (Lipinski definition) is 1.